The van der Waals surface area contributed by atoms with Gasteiger partial charge >= 0.3 is 12.0 Å². The molecule has 0 atom stereocenters. The molecule has 0 saturated carbocycles. The maximum Gasteiger partial charge on any atom is 0.573 e. The Balaban J connectivity index is 3.30. The van der Waals surface area contributed by atoms with Crippen LogP contribution in [-0.4, -0.2) is 16.3 Å². The van der Waals surface area contributed by atoms with E-state index in [4.69, 9.17) is 5.26 Å². The van der Waals surface area contributed by atoms with Crippen molar-refractivity contribution in [2.75, 3.05) is 0 Å². The minimum atomic E-state index is -5.08. The van der Waals surface area contributed by atoms with Crippen LogP contribution in [0.4, 0.5) is 18.9 Å². The minimum Gasteiger partial charge on any atom is -0.397 e. The van der Waals surface area contributed by atoms with Crippen LogP contribution in [0.2, 0.25) is 0 Å². The number of ether oxygens (including phenoxy) is 1. The molecule has 0 saturated heterocycles. The summed E-state index contributed by atoms with van der Waals surface area (Å²) in [6.07, 6.45) is -3.78. The van der Waals surface area contributed by atoms with Crippen molar-refractivity contribution in [3.63, 3.8) is 0 Å². The van der Waals surface area contributed by atoms with Crippen molar-refractivity contribution in [1.29, 1.82) is 5.26 Å². The Morgan fingerprint density at radius 2 is 2.12 bits per heavy atom. The minimum absolute atomic E-state index is 0.520. The molecule has 6 nitrogen and oxygen atoms in total. The Morgan fingerprint density at radius 1 is 1.50 bits per heavy atom. The van der Waals surface area contributed by atoms with Gasteiger partial charge in [0, 0.05) is 0 Å². The summed E-state index contributed by atoms with van der Waals surface area (Å²) in [5.41, 5.74) is -1.67. The molecule has 0 aliphatic carbocycles. The first-order chi connectivity index (χ1) is 7.35. The fraction of sp³-hybridized carbons (Fsp3) is 0.143. The first-order valence-corrected chi connectivity index (χ1v) is 3.63. The molecular weight excluding hydrogens is 231 g/mol. The van der Waals surface area contributed by atoms with Crippen LogP contribution in [0.3, 0.4) is 0 Å². The van der Waals surface area contributed by atoms with Crippen molar-refractivity contribution in [3.8, 4) is 11.8 Å². The van der Waals surface area contributed by atoms with Gasteiger partial charge in [-0.15, -0.1) is 13.2 Å². The third kappa shape index (κ3) is 2.57. The SMILES string of the molecule is N#Cc1cncc(OC(F)(F)F)c1[N+](=O)[O-]. The second kappa shape index (κ2) is 4.01. The first-order valence-electron chi connectivity index (χ1n) is 3.63. The summed E-state index contributed by atoms with van der Waals surface area (Å²) in [7, 11) is 0. The molecular formula is C7H2F3N3O3. The third-order valence-corrected chi connectivity index (χ3v) is 1.41. The van der Waals surface area contributed by atoms with Gasteiger partial charge in [0.05, 0.1) is 17.3 Å². The van der Waals surface area contributed by atoms with Gasteiger partial charge in [-0.1, -0.05) is 0 Å². The Bertz CT molecular complexity index is 466. The lowest BCUT2D eigenvalue weighted by atomic mass is 10.2. The Kier molecular flexibility index (Phi) is 2.94. The molecule has 0 fully saturated rings. The molecule has 0 radical (unpaired) electrons. The number of rotatable bonds is 2. The van der Waals surface area contributed by atoms with E-state index < -0.39 is 28.3 Å². The summed E-state index contributed by atoms with van der Waals surface area (Å²) in [4.78, 5) is 12.6. The highest BCUT2D eigenvalue weighted by Gasteiger charge is 2.35. The van der Waals surface area contributed by atoms with Crippen LogP contribution in [0.5, 0.6) is 5.75 Å². The van der Waals surface area contributed by atoms with Gasteiger partial charge in [0.1, 0.15) is 6.07 Å². The first kappa shape index (κ1) is 11.7. The van der Waals surface area contributed by atoms with Crippen LogP contribution in [0.15, 0.2) is 12.4 Å². The predicted octanol–water partition coefficient (Wildman–Crippen LogP) is 1.76. The number of alkyl halides is 3. The average Bonchev–Trinajstić information content (AvgIpc) is 2.14. The number of nitriles is 1. The highest BCUT2D eigenvalue weighted by Crippen LogP contribution is 2.33. The summed E-state index contributed by atoms with van der Waals surface area (Å²) in [5.74, 6) is -1.11. The van der Waals surface area contributed by atoms with Crippen LogP contribution in [0.25, 0.3) is 0 Å². The van der Waals surface area contributed by atoms with Crippen LogP contribution in [-0.2, 0) is 0 Å². The van der Waals surface area contributed by atoms with Gasteiger partial charge in [-0.2, -0.15) is 5.26 Å². The number of hydrogen-bond acceptors (Lipinski definition) is 5. The van der Waals surface area contributed by atoms with E-state index >= 15 is 0 Å². The fourth-order valence-electron chi connectivity index (χ4n) is 0.904. The lowest BCUT2D eigenvalue weighted by Crippen LogP contribution is -2.18. The number of nitrogens with zero attached hydrogens (tertiary/aromatic N) is 3. The summed E-state index contributed by atoms with van der Waals surface area (Å²) in [6.45, 7) is 0. The second-order valence-corrected chi connectivity index (χ2v) is 2.45. The molecule has 84 valence electrons. The maximum absolute atomic E-state index is 11.9. The molecule has 1 aromatic heterocycles. The molecule has 0 aromatic carbocycles. The number of pyridine rings is 1. The van der Waals surface area contributed by atoms with Crippen molar-refractivity contribution >= 4 is 5.69 Å². The maximum atomic E-state index is 11.9. The number of nitro groups is 1. The molecule has 0 amide bonds. The number of hydrogen-bond donors (Lipinski definition) is 0. The zero-order chi connectivity index (χ0) is 12.3. The molecule has 16 heavy (non-hydrogen) atoms. The van der Waals surface area contributed by atoms with Crippen molar-refractivity contribution in [3.05, 3.63) is 28.1 Å². The van der Waals surface area contributed by atoms with Gasteiger partial charge in [0.25, 0.3) is 0 Å². The van der Waals surface area contributed by atoms with E-state index in [9.17, 15) is 23.3 Å². The molecule has 0 aliphatic heterocycles. The van der Waals surface area contributed by atoms with E-state index in [1.807, 2.05) is 0 Å². The van der Waals surface area contributed by atoms with Gasteiger partial charge in [-0.3, -0.25) is 15.1 Å². The average molecular weight is 233 g/mol. The molecule has 1 heterocycles. The highest BCUT2D eigenvalue weighted by molar-refractivity contribution is 5.55. The zero-order valence-electron chi connectivity index (χ0n) is 7.35. The van der Waals surface area contributed by atoms with E-state index in [2.05, 4.69) is 9.72 Å². The topological polar surface area (TPSA) is 89.0 Å². The quantitative estimate of drug-likeness (QED) is 0.573. The van der Waals surface area contributed by atoms with E-state index in [-0.39, 0.29) is 0 Å². The molecule has 0 N–H and O–H groups in total. The smallest absolute Gasteiger partial charge is 0.397 e. The lowest BCUT2D eigenvalue weighted by Gasteiger charge is -2.08. The summed E-state index contributed by atoms with van der Waals surface area (Å²) in [6, 6.07) is 1.35. The normalized spacial score (nSPS) is 10.6. The fourth-order valence-corrected chi connectivity index (χ4v) is 0.904. The lowest BCUT2D eigenvalue weighted by molar-refractivity contribution is -0.389. The molecule has 0 unspecified atom stereocenters. The van der Waals surface area contributed by atoms with E-state index in [0.717, 1.165) is 6.20 Å². The monoisotopic (exact) mass is 233 g/mol. The van der Waals surface area contributed by atoms with Crippen LogP contribution in [0, 0.1) is 21.4 Å². The zero-order valence-corrected chi connectivity index (χ0v) is 7.35. The van der Waals surface area contributed by atoms with E-state index in [1.54, 1.807) is 0 Å². The molecule has 0 spiro atoms. The highest BCUT2D eigenvalue weighted by atomic mass is 19.4. The van der Waals surface area contributed by atoms with Crippen molar-refractivity contribution in [2.24, 2.45) is 0 Å². The summed E-state index contributed by atoms with van der Waals surface area (Å²) >= 11 is 0. The van der Waals surface area contributed by atoms with Gasteiger partial charge in [0.2, 0.25) is 5.75 Å². The Labute approximate surface area is 86.0 Å². The summed E-state index contributed by atoms with van der Waals surface area (Å²) < 4.78 is 39.0. The predicted molar refractivity (Wildman–Crippen MR) is 42.3 cm³/mol. The van der Waals surface area contributed by atoms with Gasteiger partial charge in [-0.05, 0) is 0 Å². The van der Waals surface area contributed by atoms with Crippen LogP contribution >= 0.6 is 0 Å². The van der Waals surface area contributed by atoms with Crippen molar-refractivity contribution in [1.82, 2.24) is 4.98 Å². The van der Waals surface area contributed by atoms with Crippen molar-refractivity contribution in [2.45, 2.75) is 6.36 Å². The molecule has 0 bridgehead atoms. The Morgan fingerprint density at radius 3 is 2.56 bits per heavy atom. The van der Waals surface area contributed by atoms with E-state index in [0.29, 0.717) is 6.20 Å². The van der Waals surface area contributed by atoms with Crippen LogP contribution < -0.4 is 4.74 Å². The van der Waals surface area contributed by atoms with Crippen molar-refractivity contribution < 1.29 is 22.8 Å². The van der Waals surface area contributed by atoms with Gasteiger partial charge in [0.15, 0.2) is 5.56 Å². The third-order valence-electron chi connectivity index (χ3n) is 1.41. The van der Waals surface area contributed by atoms with Crippen LogP contribution in [0.1, 0.15) is 5.56 Å². The molecule has 1 aromatic rings. The molecule has 1 rings (SSSR count). The van der Waals surface area contributed by atoms with E-state index in [1.165, 1.54) is 6.07 Å². The number of aromatic nitrogens is 1. The Hall–Kier alpha value is -2.37. The van der Waals surface area contributed by atoms with Gasteiger partial charge < -0.3 is 4.74 Å². The number of halogens is 3. The molecule has 9 heteroatoms. The largest absolute Gasteiger partial charge is 0.573 e. The van der Waals surface area contributed by atoms with Gasteiger partial charge in [-0.25, -0.2) is 0 Å². The second-order valence-electron chi connectivity index (χ2n) is 2.45. The molecule has 0 aliphatic rings. The summed E-state index contributed by atoms with van der Waals surface area (Å²) in [5, 5.41) is 18.9. The standard InChI is InChI=1S/C7H2F3N3O3/c8-7(9,10)16-5-3-12-2-4(1-11)6(5)13(14)15/h2-3H.